The third-order valence-corrected chi connectivity index (χ3v) is 4.98. The first-order valence-corrected chi connectivity index (χ1v) is 7.66. The largest absolute Gasteiger partial charge is 0.481 e. The second-order valence-electron chi connectivity index (χ2n) is 6.90. The number of hydrogen-bond donors (Lipinski definition) is 2. The van der Waals surface area contributed by atoms with E-state index >= 15 is 0 Å². The molecule has 0 radical (unpaired) electrons. The first-order valence-electron chi connectivity index (χ1n) is 7.66. The molecule has 1 atom stereocenters. The number of amides is 2. The van der Waals surface area contributed by atoms with Crippen molar-refractivity contribution in [2.24, 2.45) is 17.3 Å². The summed E-state index contributed by atoms with van der Waals surface area (Å²) < 4.78 is 0. The highest BCUT2D eigenvalue weighted by Gasteiger charge is 2.34. The number of rotatable bonds is 4. The van der Waals surface area contributed by atoms with Gasteiger partial charge in [-0.05, 0) is 30.6 Å². The first-order chi connectivity index (χ1) is 9.40. The minimum absolute atomic E-state index is 0.111. The standard InChI is InChI=1S/C15H26N2O3/c1-15(2,12-5-3-4-6-12)10-16-14(20)17-8-7-11(9-17)13(18)19/h11-12H,3-10H2,1-2H3,(H,16,20)(H,18,19). The molecule has 1 unspecified atom stereocenters. The Kier molecular flexibility index (Phi) is 4.55. The van der Waals surface area contributed by atoms with Gasteiger partial charge >= 0.3 is 12.0 Å². The van der Waals surface area contributed by atoms with Crippen molar-refractivity contribution in [3.63, 3.8) is 0 Å². The first kappa shape index (κ1) is 15.1. The Labute approximate surface area is 120 Å². The third kappa shape index (κ3) is 3.44. The van der Waals surface area contributed by atoms with Gasteiger partial charge in [0.05, 0.1) is 5.92 Å². The van der Waals surface area contributed by atoms with E-state index in [4.69, 9.17) is 5.11 Å². The zero-order chi connectivity index (χ0) is 14.8. The molecule has 0 aromatic rings. The molecule has 1 saturated carbocycles. The molecule has 0 bridgehead atoms. The molecule has 114 valence electrons. The van der Waals surface area contributed by atoms with E-state index in [1.807, 2.05) is 0 Å². The van der Waals surface area contributed by atoms with Crippen LogP contribution in [-0.2, 0) is 4.79 Å². The highest BCUT2D eigenvalue weighted by molar-refractivity contribution is 5.77. The smallest absolute Gasteiger partial charge is 0.317 e. The lowest BCUT2D eigenvalue weighted by molar-refractivity contribution is -0.141. The van der Waals surface area contributed by atoms with E-state index in [2.05, 4.69) is 19.2 Å². The lowest BCUT2D eigenvalue weighted by Crippen LogP contribution is -2.44. The van der Waals surface area contributed by atoms with Crippen LogP contribution in [0.15, 0.2) is 0 Å². The van der Waals surface area contributed by atoms with Gasteiger partial charge in [-0.2, -0.15) is 0 Å². The average Bonchev–Trinajstić information content (AvgIpc) is 3.06. The Bertz CT molecular complexity index is 375. The van der Waals surface area contributed by atoms with E-state index in [1.54, 1.807) is 4.90 Å². The van der Waals surface area contributed by atoms with Crippen LogP contribution in [0.2, 0.25) is 0 Å². The van der Waals surface area contributed by atoms with Gasteiger partial charge in [0, 0.05) is 19.6 Å². The molecule has 5 heteroatoms. The molecule has 1 saturated heterocycles. The monoisotopic (exact) mass is 282 g/mol. The predicted molar refractivity (Wildman–Crippen MR) is 76.5 cm³/mol. The number of likely N-dealkylation sites (tertiary alicyclic amines) is 1. The van der Waals surface area contributed by atoms with Crippen LogP contribution in [-0.4, -0.2) is 41.6 Å². The van der Waals surface area contributed by atoms with Gasteiger partial charge in [-0.1, -0.05) is 26.7 Å². The molecule has 2 N–H and O–H groups in total. The van der Waals surface area contributed by atoms with Crippen LogP contribution in [0.1, 0.15) is 46.0 Å². The van der Waals surface area contributed by atoms with E-state index in [0.717, 1.165) is 0 Å². The summed E-state index contributed by atoms with van der Waals surface area (Å²) in [6, 6.07) is -0.111. The van der Waals surface area contributed by atoms with Gasteiger partial charge in [0.15, 0.2) is 0 Å². The van der Waals surface area contributed by atoms with E-state index in [1.165, 1.54) is 25.7 Å². The van der Waals surface area contributed by atoms with Gasteiger partial charge in [-0.15, -0.1) is 0 Å². The average molecular weight is 282 g/mol. The molecule has 1 heterocycles. The van der Waals surface area contributed by atoms with E-state index in [0.29, 0.717) is 32.0 Å². The van der Waals surface area contributed by atoms with Gasteiger partial charge in [0.2, 0.25) is 0 Å². The summed E-state index contributed by atoms with van der Waals surface area (Å²) in [5, 5.41) is 12.0. The van der Waals surface area contributed by atoms with Crippen LogP contribution in [0.4, 0.5) is 4.79 Å². The van der Waals surface area contributed by atoms with Gasteiger partial charge in [-0.3, -0.25) is 4.79 Å². The van der Waals surface area contributed by atoms with E-state index in [9.17, 15) is 9.59 Å². The van der Waals surface area contributed by atoms with Gasteiger partial charge in [-0.25, -0.2) is 4.79 Å². The molecule has 20 heavy (non-hydrogen) atoms. The summed E-state index contributed by atoms with van der Waals surface area (Å²) in [4.78, 5) is 24.6. The van der Waals surface area contributed by atoms with E-state index in [-0.39, 0.29) is 11.4 Å². The minimum Gasteiger partial charge on any atom is -0.481 e. The molecule has 0 aromatic carbocycles. The fraction of sp³-hybridized carbons (Fsp3) is 0.867. The van der Waals surface area contributed by atoms with Crippen molar-refractivity contribution >= 4 is 12.0 Å². The normalized spacial score (nSPS) is 24.1. The molecular formula is C15H26N2O3. The Hall–Kier alpha value is -1.26. The molecule has 2 fully saturated rings. The molecule has 5 nitrogen and oxygen atoms in total. The van der Waals surface area contributed by atoms with Crippen molar-refractivity contribution in [1.29, 1.82) is 0 Å². The molecule has 1 aliphatic heterocycles. The van der Waals surface area contributed by atoms with Crippen molar-refractivity contribution in [1.82, 2.24) is 10.2 Å². The van der Waals surface area contributed by atoms with Gasteiger partial charge in [0.1, 0.15) is 0 Å². The lowest BCUT2D eigenvalue weighted by atomic mass is 9.78. The Balaban J connectivity index is 1.79. The van der Waals surface area contributed by atoms with Crippen LogP contribution >= 0.6 is 0 Å². The number of nitrogens with one attached hydrogen (secondary N) is 1. The van der Waals surface area contributed by atoms with Crippen molar-refractivity contribution in [3.8, 4) is 0 Å². The molecule has 2 aliphatic rings. The fourth-order valence-corrected chi connectivity index (χ4v) is 3.41. The molecule has 0 aromatic heterocycles. The maximum absolute atomic E-state index is 12.1. The number of carbonyl (C=O) groups excluding carboxylic acids is 1. The highest BCUT2D eigenvalue weighted by atomic mass is 16.4. The van der Waals surface area contributed by atoms with Crippen LogP contribution in [0.25, 0.3) is 0 Å². The number of nitrogens with zero attached hydrogens (tertiary/aromatic N) is 1. The summed E-state index contributed by atoms with van der Waals surface area (Å²) in [5.74, 6) is -0.511. The zero-order valence-electron chi connectivity index (χ0n) is 12.5. The number of carboxylic acid groups (broad SMARTS) is 1. The third-order valence-electron chi connectivity index (χ3n) is 4.98. The zero-order valence-corrected chi connectivity index (χ0v) is 12.5. The number of carboxylic acids is 1. The SMILES string of the molecule is CC(C)(CNC(=O)N1CCC(C(=O)O)C1)C1CCCC1. The number of carbonyl (C=O) groups is 2. The number of aliphatic carboxylic acids is 1. The van der Waals surface area contributed by atoms with Gasteiger partial charge < -0.3 is 15.3 Å². The molecule has 2 amide bonds. The van der Waals surface area contributed by atoms with Crippen molar-refractivity contribution in [3.05, 3.63) is 0 Å². The number of hydrogen-bond acceptors (Lipinski definition) is 2. The lowest BCUT2D eigenvalue weighted by Gasteiger charge is -2.32. The fourth-order valence-electron chi connectivity index (χ4n) is 3.41. The van der Waals surface area contributed by atoms with Crippen LogP contribution < -0.4 is 5.32 Å². The van der Waals surface area contributed by atoms with Crippen LogP contribution in [0.5, 0.6) is 0 Å². The number of urea groups is 1. The predicted octanol–water partition coefficient (Wildman–Crippen LogP) is 2.32. The highest BCUT2D eigenvalue weighted by Crippen LogP contribution is 2.39. The van der Waals surface area contributed by atoms with E-state index < -0.39 is 11.9 Å². The minimum atomic E-state index is -0.799. The van der Waals surface area contributed by atoms with Gasteiger partial charge in [0.25, 0.3) is 0 Å². The molecule has 2 rings (SSSR count). The topological polar surface area (TPSA) is 69.6 Å². The van der Waals surface area contributed by atoms with Crippen molar-refractivity contribution in [2.45, 2.75) is 46.0 Å². The van der Waals surface area contributed by atoms with Crippen molar-refractivity contribution in [2.75, 3.05) is 19.6 Å². The Morgan fingerprint density at radius 3 is 2.45 bits per heavy atom. The maximum Gasteiger partial charge on any atom is 0.317 e. The molecule has 0 spiro atoms. The second kappa shape index (κ2) is 6.02. The van der Waals surface area contributed by atoms with Crippen molar-refractivity contribution < 1.29 is 14.7 Å². The summed E-state index contributed by atoms with van der Waals surface area (Å²) >= 11 is 0. The second-order valence-corrected chi connectivity index (χ2v) is 6.90. The summed E-state index contributed by atoms with van der Waals surface area (Å²) in [7, 11) is 0. The molecular weight excluding hydrogens is 256 g/mol. The quantitative estimate of drug-likeness (QED) is 0.831. The molecule has 1 aliphatic carbocycles. The maximum atomic E-state index is 12.1. The Morgan fingerprint density at radius 2 is 1.90 bits per heavy atom. The summed E-state index contributed by atoms with van der Waals surface area (Å²) in [5.41, 5.74) is 0.123. The summed E-state index contributed by atoms with van der Waals surface area (Å²) in [6.45, 7) is 5.99. The summed E-state index contributed by atoms with van der Waals surface area (Å²) in [6.07, 6.45) is 5.68. The Morgan fingerprint density at radius 1 is 1.25 bits per heavy atom. The van der Waals surface area contributed by atoms with Crippen LogP contribution in [0.3, 0.4) is 0 Å². The van der Waals surface area contributed by atoms with Crippen LogP contribution in [0, 0.1) is 17.3 Å².